The number of hydrogen-bond acceptors (Lipinski definition) is 2. The number of nitrogens with zero attached hydrogens (tertiary/aromatic N) is 1. The third-order valence-electron chi connectivity index (χ3n) is 3.44. The maximum Gasteiger partial charge on any atom is 0.323 e. The Balaban J connectivity index is 3.04. The van der Waals surface area contributed by atoms with Crippen LogP contribution in [-0.2, 0) is 4.79 Å². The third-order valence-corrected chi connectivity index (χ3v) is 3.44. The molecule has 4 nitrogen and oxygen atoms in total. The van der Waals surface area contributed by atoms with E-state index >= 15 is 0 Å². The highest BCUT2D eigenvalue weighted by Crippen LogP contribution is 2.14. The first-order valence-electron chi connectivity index (χ1n) is 6.46. The molecule has 1 aromatic carbocycles. The summed E-state index contributed by atoms with van der Waals surface area (Å²) < 4.78 is 0. The maximum absolute atomic E-state index is 12.4. The summed E-state index contributed by atoms with van der Waals surface area (Å²) in [5.41, 5.74) is 2.69. The van der Waals surface area contributed by atoms with Gasteiger partial charge in [-0.25, -0.2) is 0 Å². The van der Waals surface area contributed by atoms with Gasteiger partial charge < -0.3 is 10.0 Å². The second-order valence-corrected chi connectivity index (χ2v) is 4.88. The van der Waals surface area contributed by atoms with E-state index in [4.69, 9.17) is 5.11 Å². The molecule has 0 radical (unpaired) electrons. The highest BCUT2D eigenvalue weighted by molar-refractivity contribution is 5.96. The molecule has 0 fully saturated rings. The molecule has 19 heavy (non-hydrogen) atoms. The lowest BCUT2D eigenvalue weighted by molar-refractivity contribution is -0.138. The topological polar surface area (TPSA) is 57.6 Å². The number of carbonyl (C=O) groups excluding carboxylic acids is 1. The molecule has 1 N–H and O–H groups in total. The average molecular weight is 263 g/mol. The normalized spacial score (nSPS) is 12.0. The molecule has 1 amide bonds. The van der Waals surface area contributed by atoms with Gasteiger partial charge in [0.2, 0.25) is 0 Å². The summed E-state index contributed by atoms with van der Waals surface area (Å²) in [5, 5.41) is 8.93. The van der Waals surface area contributed by atoms with E-state index in [1.165, 1.54) is 4.90 Å². The molecule has 0 saturated heterocycles. The van der Waals surface area contributed by atoms with E-state index in [0.717, 1.165) is 17.5 Å². The van der Waals surface area contributed by atoms with Crippen LogP contribution in [0.2, 0.25) is 0 Å². The minimum atomic E-state index is -0.988. The van der Waals surface area contributed by atoms with E-state index in [0.29, 0.717) is 5.56 Å². The molecule has 0 aliphatic heterocycles. The number of carboxylic acids is 1. The Labute approximate surface area is 114 Å². The van der Waals surface area contributed by atoms with E-state index in [9.17, 15) is 9.59 Å². The summed E-state index contributed by atoms with van der Waals surface area (Å²) in [5.74, 6) is -1.21. The SMILES string of the molecule is CCC(C)N(CC(=O)O)C(=O)c1ccc(C)c(C)c1. The lowest BCUT2D eigenvalue weighted by Gasteiger charge is -2.27. The highest BCUT2D eigenvalue weighted by atomic mass is 16.4. The monoisotopic (exact) mass is 263 g/mol. The fourth-order valence-electron chi connectivity index (χ4n) is 1.83. The second-order valence-electron chi connectivity index (χ2n) is 4.88. The van der Waals surface area contributed by atoms with E-state index in [1.807, 2.05) is 39.8 Å². The number of benzene rings is 1. The van der Waals surface area contributed by atoms with Crippen molar-refractivity contribution in [3.8, 4) is 0 Å². The molecular weight excluding hydrogens is 242 g/mol. The van der Waals surface area contributed by atoms with Crippen LogP contribution in [0, 0.1) is 13.8 Å². The molecule has 1 aromatic rings. The zero-order valence-corrected chi connectivity index (χ0v) is 11.9. The third kappa shape index (κ3) is 3.81. The van der Waals surface area contributed by atoms with Crippen LogP contribution in [0.1, 0.15) is 41.8 Å². The molecule has 1 rings (SSSR count). The van der Waals surface area contributed by atoms with Crippen molar-refractivity contribution in [3.05, 3.63) is 34.9 Å². The van der Waals surface area contributed by atoms with Crippen LogP contribution >= 0.6 is 0 Å². The number of carboxylic acid groups (broad SMARTS) is 1. The van der Waals surface area contributed by atoms with E-state index < -0.39 is 5.97 Å². The van der Waals surface area contributed by atoms with Gasteiger partial charge >= 0.3 is 5.97 Å². The number of hydrogen-bond donors (Lipinski definition) is 1. The summed E-state index contributed by atoms with van der Waals surface area (Å²) in [6.45, 7) is 7.46. The second kappa shape index (κ2) is 6.36. The van der Waals surface area contributed by atoms with Crippen molar-refractivity contribution >= 4 is 11.9 Å². The predicted octanol–water partition coefficient (Wildman–Crippen LogP) is 2.63. The largest absolute Gasteiger partial charge is 0.480 e. The predicted molar refractivity (Wildman–Crippen MR) is 74.3 cm³/mol. The van der Waals surface area contributed by atoms with Gasteiger partial charge in [0, 0.05) is 11.6 Å². The van der Waals surface area contributed by atoms with Gasteiger partial charge in [0.25, 0.3) is 5.91 Å². The summed E-state index contributed by atoms with van der Waals surface area (Å²) in [6.07, 6.45) is 0.726. The van der Waals surface area contributed by atoms with Crippen LogP contribution in [0.5, 0.6) is 0 Å². The van der Waals surface area contributed by atoms with Crippen molar-refractivity contribution in [2.75, 3.05) is 6.54 Å². The molecule has 1 unspecified atom stereocenters. The minimum absolute atomic E-state index is 0.0924. The standard InChI is InChI=1S/C15H21NO3/c1-5-12(4)16(9-14(17)18)15(19)13-7-6-10(2)11(3)8-13/h6-8,12H,5,9H2,1-4H3,(H,17,18). The smallest absolute Gasteiger partial charge is 0.323 e. The van der Waals surface area contributed by atoms with Crippen LogP contribution in [0.4, 0.5) is 0 Å². The maximum atomic E-state index is 12.4. The van der Waals surface area contributed by atoms with Gasteiger partial charge in [-0.3, -0.25) is 9.59 Å². The highest BCUT2D eigenvalue weighted by Gasteiger charge is 2.22. The average Bonchev–Trinajstić information content (AvgIpc) is 2.37. The Morgan fingerprint density at radius 2 is 1.89 bits per heavy atom. The van der Waals surface area contributed by atoms with Gasteiger partial charge in [0.1, 0.15) is 6.54 Å². The molecule has 104 valence electrons. The van der Waals surface area contributed by atoms with Crippen molar-refractivity contribution < 1.29 is 14.7 Å². The van der Waals surface area contributed by atoms with Crippen LogP contribution in [0.3, 0.4) is 0 Å². The molecule has 1 atom stereocenters. The Morgan fingerprint density at radius 3 is 2.37 bits per heavy atom. The van der Waals surface area contributed by atoms with Crippen molar-refractivity contribution in [2.45, 2.75) is 40.2 Å². The lowest BCUT2D eigenvalue weighted by atomic mass is 10.0. The number of aryl methyl sites for hydroxylation is 2. The van der Waals surface area contributed by atoms with Gasteiger partial charge in [-0.05, 0) is 50.5 Å². The molecule has 0 spiro atoms. The molecule has 0 saturated carbocycles. The molecule has 0 bridgehead atoms. The summed E-state index contributed by atoms with van der Waals surface area (Å²) in [4.78, 5) is 24.7. The zero-order valence-electron chi connectivity index (χ0n) is 11.9. The molecule has 0 heterocycles. The molecule has 4 heteroatoms. The summed E-state index contributed by atoms with van der Waals surface area (Å²) in [6, 6.07) is 5.36. The van der Waals surface area contributed by atoms with Crippen LogP contribution < -0.4 is 0 Å². The van der Waals surface area contributed by atoms with E-state index in [2.05, 4.69) is 0 Å². The van der Waals surface area contributed by atoms with Crippen molar-refractivity contribution in [2.24, 2.45) is 0 Å². The first-order chi connectivity index (χ1) is 8.86. The Hall–Kier alpha value is -1.84. The van der Waals surface area contributed by atoms with Crippen LogP contribution in [-0.4, -0.2) is 34.5 Å². The van der Waals surface area contributed by atoms with Gasteiger partial charge in [-0.15, -0.1) is 0 Å². The number of aliphatic carboxylic acids is 1. The van der Waals surface area contributed by atoms with E-state index in [1.54, 1.807) is 6.07 Å². The molecule has 0 aliphatic carbocycles. The van der Waals surface area contributed by atoms with Crippen molar-refractivity contribution in [1.82, 2.24) is 4.90 Å². The van der Waals surface area contributed by atoms with E-state index in [-0.39, 0.29) is 18.5 Å². The first kappa shape index (κ1) is 15.2. The number of rotatable bonds is 5. The number of amides is 1. The zero-order chi connectivity index (χ0) is 14.6. The van der Waals surface area contributed by atoms with Gasteiger partial charge in [-0.1, -0.05) is 13.0 Å². The fourth-order valence-corrected chi connectivity index (χ4v) is 1.83. The number of carbonyl (C=O) groups is 2. The molecule has 0 aromatic heterocycles. The van der Waals surface area contributed by atoms with Crippen LogP contribution in [0.25, 0.3) is 0 Å². The Bertz CT molecular complexity index is 482. The summed E-state index contributed by atoms with van der Waals surface area (Å²) >= 11 is 0. The summed E-state index contributed by atoms with van der Waals surface area (Å²) in [7, 11) is 0. The quantitative estimate of drug-likeness (QED) is 0.888. The molecular formula is C15H21NO3. The van der Waals surface area contributed by atoms with Gasteiger partial charge in [0.05, 0.1) is 0 Å². The Kier molecular flexibility index (Phi) is 5.10. The minimum Gasteiger partial charge on any atom is -0.480 e. The molecule has 0 aliphatic rings. The first-order valence-corrected chi connectivity index (χ1v) is 6.46. The fraction of sp³-hybridized carbons (Fsp3) is 0.467. The Morgan fingerprint density at radius 1 is 1.26 bits per heavy atom. The van der Waals surface area contributed by atoms with Crippen molar-refractivity contribution in [3.63, 3.8) is 0 Å². The lowest BCUT2D eigenvalue weighted by Crippen LogP contribution is -2.41. The van der Waals surface area contributed by atoms with Gasteiger partial charge in [-0.2, -0.15) is 0 Å². The van der Waals surface area contributed by atoms with Crippen LogP contribution in [0.15, 0.2) is 18.2 Å². The van der Waals surface area contributed by atoms with Crippen molar-refractivity contribution in [1.29, 1.82) is 0 Å². The van der Waals surface area contributed by atoms with Gasteiger partial charge in [0.15, 0.2) is 0 Å².